The first-order chi connectivity index (χ1) is 29.0. The molecule has 0 atom stereocenters. The van der Waals surface area contributed by atoms with Crippen LogP contribution >= 0.6 is 34.8 Å². The van der Waals surface area contributed by atoms with Crippen molar-refractivity contribution in [3.63, 3.8) is 0 Å². The van der Waals surface area contributed by atoms with Gasteiger partial charge in [-0.15, -0.1) is 0 Å². The van der Waals surface area contributed by atoms with Crippen LogP contribution in [0.4, 0.5) is 158 Å². The SMILES string of the molecule is O=c1oc2c(C(F)(F)C(F)(F)C(F)(F)C(F)(F)C(F)(F)C(F)(F)Cl)cc(C(F)(F)C(F)(F)C(F)(F)C(F)(F)C(F)(F)C(F)(F)Cl)cc2cc1C(F)(F)C(F)(F)C(F)(F)C(F)(F)C(F)(F)C(F)(F)Cl. The molecule has 2 nitrogen and oxygen atoms in total. The van der Waals surface area contributed by atoms with Gasteiger partial charge in [0, 0.05) is 10.9 Å². The lowest BCUT2D eigenvalue weighted by molar-refractivity contribution is -0.420. The second-order valence-corrected chi connectivity index (χ2v) is 14.4. The minimum Gasteiger partial charge on any atom is -0.422 e. The van der Waals surface area contributed by atoms with Gasteiger partial charge in [0.05, 0.1) is 5.56 Å². The van der Waals surface area contributed by atoms with Gasteiger partial charge in [-0.05, 0) is 53.0 Å². The largest absolute Gasteiger partial charge is 0.422 e. The van der Waals surface area contributed by atoms with Crippen LogP contribution in [0.5, 0.6) is 0 Å². The predicted octanol–water partition coefficient (Wildman–Crippen LogP) is 15.2. The van der Waals surface area contributed by atoms with Crippen molar-refractivity contribution in [2.24, 2.45) is 0 Å². The van der Waals surface area contributed by atoms with E-state index >= 15 is 17.6 Å². The molecule has 0 unspecified atom stereocenters. The number of benzene rings is 1. The zero-order valence-electron chi connectivity index (χ0n) is 29.3. The van der Waals surface area contributed by atoms with Crippen molar-refractivity contribution in [1.82, 2.24) is 0 Å². The topological polar surface area (TPSA) is 30.2 Å². The minimum absolute atomic E-state index is 2.05. The standard InChI is InChI=1S/C27H3Cl3F36O2/c28-25(61,62)22(55,56)19(49,50)16(43,44)13(37,38)10(31,32)5-1-4-2-7(12(35,36)15(41,42)18(47,48)21(53,54)24(59,60)27(30,65)66)9(67)68-8(4)6(3-5)11(33,34)14(39,40)17(45,46)20(51,52)23(57,58)26(29,63)64/h1-3H. The molecular weight excluding hydrogens is 1150 g/mol. The van der Waals surface area contributed by atoms with Gasteiger partial charge in [0.1, 0.15) is 11.1 Å². The summed E-state index contributed by atoms with van der Waals surface area (Å²) in [6, 6.07) is -6.82. The zero-order chi connectivity index (χ0) is 55.3. The molecule has 41 heteroatoms. The summed E-state index contributed by atoms with van der Waals surface area (Å²) < 4.78 is 511. The van der Waals surface area contributed by atoms with Gasteiger partial charge in [0.15, 0.2) is 0 Å². The summed E-state index contributed by atoms with van der Waals surface area (Å²) in [6.45, 7) is 0. The number of alkyl halides is 39. The molecule has 0 aliphatic heterocycles. The number of hydrogen-bond donors (Lipinski definition) is 0. The molecule has 0 saturated heterocycles. The molecule has 2 rings (SSSR count). The Balaban J connectivity index is 3.43. The lowest BCUT2D eigenvalue weighted by Crippen LogP contribution is -2.69. The Kier molecular flexibility index (Phi) is 14.0. The van der Waals surface area contributed by atoms with Crippen LogP contribution in [0, 0.1) is 0 Å². The van der Waals surface area contributed by atoms with Crippen molar-refractivity contribution >= 4 is 45.8 Å². The van der Waals surface area contributed by atoms with Gasteiger partial charge < -0.3 is 4.42 Å². The van der Waals surface area contributed by atoms with E-state index in [0.717, 1.165) is 0 Å². The monoisotopic (exact) mass is 1150 g/mol. The van der Waals surface area contributed by atoms with E-state index in [0.29, 0.717) is 0 Å². The predicted molar refractivity (Wildman–Crippen MR) is 146 cm³/mol. The molecule has 0 fully saturated rings. The molecule has 0 aliphatic rings. The molecule has 0 amide bonds. The molecule has 396 valence electrons. The van der Waals surface area contributed by atoms with Gasteiger partial charge >= 0.3 is 111 Å². The van der Waals surface area contributed by atoms with Crippen molar-refractivity contribution < 1.29 is 162 Å². The summed E-state index contributed by atoms with van der Waals surface area (Å²) in [5, 5.41) is -25.5. The van der Waals surface area contributed by atoms with Crippen molar-refractivity contribution in [2.45, 2.75) is 105 Å². The molecule has 1 aromatic carbocycles. The third kappa shape index (κ3) is 7.58. The van der Waals surface area contributed by atoms with Gasteiger partial charge in [0.2, 0.25) is 0 Å². The van der Waals surface area contributed by atoms with Gasteiger partial charge in [-0.2, -0.15) is 158 Å². The molecule has 0 saturated carbocycles. The van der Waals surface area contributed by atoms with Gasteiger partial charge in [-0.3, -0.25) is 0 Å². The van der Waals surface area contributed by atoms with Crippen LogP contribution < -0.4 is 5.63 Å². The van der Waals surface area contributed by atoms with Crippen LogP contribution in [-0.2, 0) is 17.8 Å². The molecule has 0 radical (unpaired) electrons. The fourth-order valence-electron chi connectivity index (χ4n) is 4.70. The van der Waals surface area contributed by atoms with Crippen molar-refractivity contribution in [1.29, 1.82) is 0 Å². The molecule has 1 heterocycles. The quantitative estimate of drug-likeness (QED) is 0.0846. The third-order valence-corrected chi connectivity index (χ3v) is 9.38. The number of fused-ring (bicyclic) bond motifs is 1. The van der Waals surface area contributed by atoms with Crippen LogP contribution in [0.2, 0.25) is 0 Å². The normalized spacial score (nSPS) is 16.5. The molecule has 0 N–H and O–H groups in total. The van der Waals surface area contributed by atoms with Gasteiger partial charge in [0.25, 0.3) is 0 Å². The van der Waals surface area contributed by atoms with E-state index in [1.54, 1.807) is 0 Å². The van der Waals surface area contributed by atoms with Crippen molar-refractivity contribution in [2.75, 3.05) is 0 Å². The summed E-state index contributed by atoms with van der Waals surface area (Å²) in [5.41, 5.74) is -21.6. The first-order valence-electron chi connectivity index (χ1n) is 15.0. The molecule has 68 heavy (non-hydrogen) atoms. The zero-order valence-corrected chi connectivity index (χ0v) is 31.6. The third-order valence-electron chi connectivity index (χ3n) is 8.67. The maximum Gasteiger partial charge on any atom is 0.393 e. The van der Waals surface area contributed by atoms with Crippen LogP contribution in [0.25, 0.3) is 11.0 Å². The average molecular weight is 1150 g/mol. The molecular formula is C27H3Cl3F36O2. The van der Waals surface area contributed by atoms with E-state index in [1.807, 2.05) is 0 Å². The summed E-state index contributed by atoms with van der Waals surface area (Å²) >= 11 is 10.2. The first-order valence-corrected chi connectivity index (χ1v) is 16.1. The Morgan fingerprint density at radius 3 is 0.794 bits per heavy atom. The van der Waals surface area contributed by atoms with Gasteiger partial charge in [-0.1, -0.05) is 0 Å². The van der Waals surface area contributed by atoms with Gasteiger partial charge in [-0.25, -0.2) is 4.79 Å². The molecule has 0 aliphatic carbocycles. The highest BCUT2D eigenvalue weighted by Crippen LogP contribution is 2.67. The second-order valence-electron chi connectivity index (χ2n) is 13.0. The number of halogens is 39. The number of rotatable bonds is 18. The van der Waals surface area contributed by atoms with Crippen molar-refractivity contribution in [3.05, 3.63) is 45.3 Å². The summed E-state index contributed by atoms with van der Waals surface area (Å²) in [6.07, 6.45) is 0. The minimum atomic E-state index is -9.14. The Morgan fingerprint density at radius 1 is 0.294 bits per heavy atom. The van der Waals surface area contributed by atoms with Crippen LogP contribution in [0.3, 0.4) is 0 Å². The highest BCUT2D eigenvalue weighted by molar-refractivity contribution is 6.23. The van der Waals surface area contributed by atoms with E-state index in [-0.39, 0.29) is 0 Å². The maximum absolute atomic E-state index is 15.4. The molecule has 0 bridgehead atoms. The molecule has 2 aromatic rings. The second kappa shape index (κ2) is 15.6. The van der Waals surface area contributed by atoms with E-state index in [4.69, 9.17) is 0 Å². The number of hydrogen-bond acceptors (Lipinski definition) is 2. The Morgan fingerprint density at radius 2 is 0.529 bits per heavy atom. The van der Waals surface area contributed by atoms with E-state index < -0.39 is 156 Å². The first kappa shape index (κ1) is 60.9. The summed E-state index contributed by atoms with van der Waals surface area (Å²) in [4.78, 5) is 12.3. The fourth-order valence-corrected chi connectivity index (χ4v) is 5.05. The molecule has 1 aromatic heterocycles. The van der Waals surface area contributed by atoms with E-state index in [1.165, 1.54) is 0 Å². The lowest BCUT2D eigenvalue weighted by atomic mass is 9.85. The highest BCUT2D eigenvalue weighted by atomic mass is 35.5. The van der Waals surface area contributed by atoms with Crippen LogP contribution in [0.1, 0.15) is 16.7 Å². The van der Waals surface area contributed by atoms with Crippen LogP contribution in [0.15, 0.2) is 27.4 Å². The average Bonchev–Trinajstić information content (AvgIpc) is 3.11. The molecule has 0 spiro atoms. The summed E-state index contributed by atoms with van der Waals surface area (Å²) in [7, 11) is 0. The Labute approximate surface area is 359 Å². The Hall–Kier alpha value is -3.22. The Bertz CT molecular complexity index is 2290. The van der Waals surface area contributed by atoms with Crippen LogP contribution in [-0.4, -0.2) is 87.2 Å². The lowest BCUT2D eigenvalue weighted by Gasteiger charge is -2.41. The maximum atomic E-state index is 15.4. The van der Waals surface area contributed by atoms with E-state index in [9.17, 15) is 145 Å². The smallest absolute Gasteiger partial charge is 0.393 e. The highest BCUT2D eigenvalue weighted by Gasteiger charge is 2.93. The summed E-state index contributed by atoms with van der Waals surface area (Å²) in [5.74, 6) is -130. The fraction of sp³-hybridized carbons (Fsp3) is 0.667. The van der Waals surface area contributed by atoms with Crippen molar-refractivity contribution in [3.8, 4) is 0 Å². The van der Waals surface area contributed by atoms with E-state index in [2.05, 4.69) is 39.2 Å².